The topological polar surface area (TPSA) is 29.1 Å². The summed E-state index contributed by atoms with van der Waals surface area (Å²) in [4.78, 5) is 11.8. The lowest BCUT2D eigenvalue weighted by atomic mass is 10.1. The van der Waals surface area contributed by atoms with Gasteiger partial charge in [-0.25, -0.2) is 0 Å². The van der Waals surface area contributed by atoms with Gasteiger partial charge in [0.25, 0.3) is 0 Å². The Balaban J connectivity index is 2.76. The minimum Gasteiger partial charge on any atom is -0.325 e. The first-order valence-electron chi connectivity index (χ1n) is 5.65. The first-order chi connectivity index (χ1) is 8.08. The number of halogens is 1. The van der Waals surface area contributed by atoms with Gasteiger partial charge in [0.15, 0.2) is 0 Å². The predicted octanol–water partition coefficient (Wildman–Crippen LogP) is 3.70. The van der Waals surface area contributed by atoms with E-state index in [0.29, 0.717) is 16.3 Å². The van der Waals surface area contributed by atoms with E-state index in [9.17, 15) is 4.79 Å². The van der Waals surface area contributed by atoms with E-state index in [4.69, 9.17) is 18.0 Å². The van der Waals surface area contributed by atoms with E-state index in [1.54, 1.807) is 18.2 Å². The highest BCUT2D eigenvalue weighted by Crippen LogP contribution is 2.23. The van der Waals surface area contributed by atoms with Crippen molar-refractivity contribution in [3.63, 3.8) is 0 Å². The van der Waals surface area contributed by atoms with E-state index in [2.05, 4.69) is 18.2 Å². The third-order valence-corrected chi connectivity index (χ3v) is 2.88. The van der Waals surface area contributed by atoms with Gasteiger partial charge in [0.05, 0.1) is 10.7 Å². The molecule has 3 heteroatoms. The third-order valence-electron chi connectivity index (χ3n) is 2.56. The Labute approximate surface area is 107 Å². The minimum atomic E-state index is -0.0118. The van der Waals surface area contributed by atoms with Gasteiger partial charge in [0.1, 0.15) is 0 Å². The van der Waals surface area contributed by atoms with Crippen LogP contribution in [0.5, 0.6) is 0 Å². The summed E-state index contributed by atoms with van der Waals surface area (Å²) in [5, 5.41) is 3.28. The van der Waals surface area contributed by atoms with E-state index in [-0.39, 0.29) is 11.8 Å². The van der Waals surface area contributed by atoms with Crippen LogP contribution in [0.1, 0.15) is 32.3 Å². The van der Waals surface area contributed by atoms with Crippen molar-refractivity contribution < 1.29 is 4.79 Å². The molecule has 1 N–H and O–H groups in total. The summed E-state index contributed by atoms with van der Waals surface area (Å²) in [5.41, 5.74) is 1.31. The second kappa shape index (κ2) is 6.32. The van der Waals surface area contributed by atoms with Crippen LogP contribution in [0.2, 0.25) is 5.02 Å². The van der Waals surface area contributed by atoms with Gasteiger partial charge in [-0.1, -0.05) is 37.8 Å². The molecule has 1 rings (SSSR count). The summed E-state index contributed by atoms with van der Waals surface area (Å²) in [6, 6.07) is 5.15. The third kappa shape index (κ3) is 3.80. The molecule has 0 aromatic heterocycles. The number of terminal acetylenes is 1. The molecule has 0 aliphatic rings. The zero-order valence-corrected chi connectivity index (χ0v) is 10.8. The zero-order chi connectivity index (χ0) is 12.8. The lowest BCUT2D eigenvalue weighted by Crippen LogP contribution is -2.20. The number of carbonyl (C=O) groups excluding carboxylic acids is 1. The van der Waals surface area contributed by atoms with Crippen LogP contribution in [0, 0.1) is 18.3 Å². The number of amides is 1. The van der Waals surface area contributed by atoms with Crippen molar-refractivity contribution >= 4 is 23.2 Å². The molecular formula is C14H16ClNO. The first kappa shape index (κ1) is 13.6. The molecule has 0 saturated heterocycles. The summed E-state index contributed by atoms with van der Waals surface area (Å²) in [6.45, 7) is 3.96. The second-order valence-corrected chi connectivity index (χ2v) is 4.43. The van der Waals surface area contributed by atoms with Gasteiger partial charge >= 0.3 is 0 Å². The number of nitrogens with one attached hydrogen (secondary N) is 1. The Hall–Kier alpha value is -1.46. The van der Waals surface area contributed by atoms with Crippen molar-refractivity contribution in [2.75, 3.05) is 5.32 Å². The van der Waals surface area contributed by atoms with Crippen molar-refractivity contribution in [1.82, 2.24) is 0 Å². The maximum absolute atomic E-state index is 11.8. The van der Waals surface area contributed by atoms with Crippen LogP contribution in [0.4, 0.5) is 5.69 Å². The molecule has 0 radical (unpaired) electrons. The average molecular weight is 250 g/mol. The van der Waals surface area contributed by atoms with E-state index in [0.717, 1.165) is 12.8 Å². The Bertz CT molecular complexity index is 448. The molecule has 1 unspecified atom stereocenters. The monoisotopic (exact) mass is 249 g/mol. The maximum Gasteiger partial charge on any atom is 0.227 e. The number of hydrogen-bond acceptors (Lipinski definition) is 1. The predicted molar refractivity (Wildman–Crippen MR) is 72.1 cm³/mol. The lowest BCUT2D eigenvalue weighted by Gasteiger charge is -2.12. The Morgan fingerprint density at radius 1 is 1.59 bits per heavy atom. The number of carbonyl (C=O) groups is 1. The fraction of sp³-hybridized carbons (Fsp3) is 0.357. The largest absolute Gasteiger partial charge is 0.325 e. The Morgan fingerprint density at radius 2 is 2.29 bits per heavy atom. The summed E-state index contributed by atoms with van der Waals surface area (Å²) in [5.74, 6) is 2.47. The molecule has 2 nitrogen and oxygen atoms in total. The molecule has 0 spiro atoms. The molecule has 0 bridgehead atoms. The molecule has 90 valence electrons. The maximum atomic E-state index is 11.8. The summed E-state index contributed by atoms with van der Waals surface area (Å²) in [6.07, 6.45) is 7.11. The lowest BCUT2D eigenvalue weighted by molar-refractivity contribution is -0.119. The molecule has 1 aromatic rings. The van der Waals surface area contributed by atoms with Gasteiger partial charge in [-0.2, -0.15) is 0 Å². The molecular weight excluding hydrogens is 234 g/mol. The molecule has 1 amide bonds. The van der Waals surface area contributed by atoms with Gasteiger partial charge in [-0.05, 0) is 24.6 Å². The highest BCUT2D eigenvalue weighted by molar-refractivity contribution is 6.33. The van der Waals surface area contributed by atoms with E-state index in [1.165, 1.54) is 0 Å². The van der Waals surface area contributed by atoms with E-state index in [1.807, 2.05) is 6.92 Å². The molecule has 0 aliphatic heterocycles. The van der Waals surface area contributed by atoms with E-state index >= 15 is 0 Å². The number of anilines is 1. The zero-order valence-electron chi connectivity index (χ0n) is 10.1. The Kier molecular flexibility index (Phi) is 5.06. The van der Waals surface area contributed by atoms with Crippen molar-refractivity contribution in [1.29, 1.82) is 0 Å². The van der Waals surface area contributed by atoms with Crippen molar-refractivity contribution in [3.8, 4) is 12.3 Å². The van der Waals surface area contributed by atoms with Crippen LogP contribution in [0.3, 0.4) is 0 Å². The van der Waals surface area contributed by atoms with Gasteiger partial charge in [-0.15, -0.1) is 6.42 Å². The van der Waals surface area contributed by atoms with Crippen LogP contribution in [-0.4, -0.2) is 5.91 Å². The Morgan fingerprint density at radius 3 is 2.82 bits per heavy atom. The molecule has 1 aromatic carbocycles. The van der Waals surface area contributed by atoms with Crippen LogP contribution in [0.15, 0.2) is 18.2 Å². The number of hydrogen-bond donors (Lipinski definition) is 1. The molecule has 0 fully saturated rings. The minimum absolute atomic E-state index is 0.0108. The van der Waals surface area contributed by atoms with E-state index < -0.39 is 0 Å². The standard InChI is InChI=1S/C14H16ClNO/c1-4-6-10(3)14(17)16-13-8-7-11(5-2)9-12(13)15/h2,7-10H,4,6H2,1,3H3,(H,16,17). The number of rotatable bonds is 4. The molecule has 0 aliphatic carbocycles. The smallest absolute Gasteiger partial charge is 0.227 e. The fourth-order valence-electron chi connectivity index (χ4n) is 1.53. The average Bonchev–Trinajstić information content (AvgIpc) is 2.31. The highest BCUT2D eigenvalue weighted by Gasteiger charge is 2.13. The van der Waals surface area contributed by atoms with Crippen molar-refractivity contribution in [2.24, 2.45) is 5.92 Å². The van der Waals surface area contributed by atoms with Crippen molar-refractivity contribution in [3.05, 3.63) is 28.8 Å². The van der Waals surface area contributed by atoms with Gasteiger partial charge in [-0.3, -0.25) is 4.79 Å². The number of benzene rings is 1. The molecule has 0 saturated carbocycles. The summed E-state index contributed by atoms with van der Waals surface area (Å²) < 4.78 is 0. The molecule has 17 heavy (non-hydrogen) atoms. The van der Waals surface area contributed by atoms with Crippen LogP contribution >= 0.6 is 11.6 Å². The first-order valence-corrected chi connectivity index (χ1v) is 6.03. The molecule has 1 atom stereocenters. The van der Waals surface area contributed by atoms with Crippen LogP contribution in [-0.2, 0) is 4.79 Å². The normalized spacial score (nSPS) is 11.6. The van der Waals surface area contributed by atoms with Gasteiger partial charge in [0.2, 0.25) is 5.91 Å². The summed E-state index contributed by atoms with van der Waals surface area (Å²) in [7, 11) is 0. The van der Waals surface area contributed by atoms with Crippen LogP contribution in [0.25, 0.3) is 0 Å². The van der Waals surface area contributed by atoms with Crippen LogP contribution < -0.4 is 5.32 Å². The van der Waals surface area contributed by atoms with Gasteiger partial charge in [0, 0.05) is 11.5 Å². The second-order valence-electron chi connectivity index (χ2n) is 4.02. The highest BCUT2D eigenvalue weighted by atomic mass is 35.5. The van der Waals surface area contributed by atoms with Gasteiger partial charge < -0.3 is 5.32 Å². The SMILES string of the molecule is C#Cc1ccc(NC(=O)C(C)CCC)c(Cl)c1. The van der Waals surface area contributed by atoms with Crippen molar-refractivity contribution in [2.45, 2.75) is 26.7 Å². The molecule has 0 heterocycles. The fourth-order valence-corrected chi connectivity index (χ4v) is 1.75. The summed E-state index contributed by atoms with van der Waals surface area (Å²) >= 11 is 6.02. The quantitative estimate of drug-likeness (QED) is 0.810.